The van der Waals surface area contributed by atoms with Crippen LogP contribution >= 0.6 is 0 Å². The van der Waals surface area contributed by atoms with Gasteiger partial charge < -0.3 is 0 Å². The van der Waals surface area contributed by atoms with Crippen LogP contribution in [-0.2, 0) is 6.42 Å². The minimum atomic E-state index is 0.741. The number of nitrogens with zero attached hydrogens (tertiary/aromatic N) is 2. The Morgan fingerprint density at radius 2 is 2.00 bits per heavy atom. The summed E-state index contributed by atoms with van der Waals surface area (Å²) in [4.78, 5) is 5.42. The maximum Gasteiger partial charge on any atom is 0.0224 e. The van der Waals surface area contributed by atoms with E-state index in [0.29, 0.717) is 0 Å². The summed E-state index contributed by atoms with van der Waals surface area (Å²) < 4.78 is 0. The summed E-state index contributed by atoms with van der Waals surface area (Å²) in [6.07, 6.45) is 5.34. The highest BCUT2D eigenvalue weighted by atomic mass is 15.3. The SMILES string of the molecule is C[C@@H]1CN2CCC[C@@H]2CN1CCCc1ccccc1. The summed E-state index contributed by atoms with van der Waals surface area (Å²) in [5.74, 6) is 0. The van der Waals surface area contributed by atoms with Gasteiger partial charge in [0, 0.05) is 25.2 Å². The Morgan fingerprint density at radius 1 is 1.16 bits per heavy atom. The van der Waals surface area contributed by atoms with Crippen LogP contribution in [0.25, 0.3) is 0 Å². The highest BCUT2D eigenvalue weighted by Crippen LogP contribution is 2.24. The van der Waals surface area contributed by atoms with Gasteiger partial charge in [0.25, 0.3) is 0 Å². The second kappa shape index (κ2) is 6.06. The van der Waals surface area contributed by atoms with Crippen molar-refractivity contribution in [3.8, 4) is 0 Å². The summed E-state index contributed by atoms with van der Waals surface area (Å²) >= 11 is 0. The Hall–Kier alpha value is -0.860. The van der Waals surface area contributed by atoms with Crippen molar-refractivity contribution < 1.29 is 0 Å². The lowest BCUT2D eigenvalue weighted by molar-refractivity contribution is 0.0589. The van der Waals surface area contributed by atoms with Crippen LogP contribution in [0.15, 0.2) is 30.3 Å². The largest absolute Gasteiger partial charge is 0.298 e. The van der Waals surface area contributed by atoms with Crippen molar-refractivity contribution in [2.75, 3.05) is 26.2 Å². The Morgan fingerprint density at radius 3 is 2.84 bits per heavy atom. The van der Waals surface area contributed by atoms with E-state index in [2.05, 4.69) is 47.1 Å². The third-order valence-corrected chi connectivity index (χ3v) is 4.82. The van der Waals surface area contributed by atoms with Gasteiger partial charge in [-0.3, -0.25) is 9.80 Å². The van der Waals surface area contributed by atoms with E-state index in [1.54, 1.807) is 0 Å². The maximum absolute atomic E-state index is 2.72. The maximum atomic E-state index is 2.72. The fraction of sp³-hybridized carbons (Fsp3) is 0.647. The van der Waals surface area contributed by atoms with Crippen LogP contribution in [-0.4, -0.2) is 48.1 Å². The van der Waals surface area contributed by atoms with Crippen LogP contribution in [0, 0.1) is 0 Å². The molecule has 2 heterocycles. The molecule has 0 amide bonds. The van der Waals surface area contributed by atoms with Gasteiger partial charge in [0.05, 0.1) is 0 Å². The van der Waals surface area contributed by atoms with E-state index in [9.17, 15) is 0 Å². The number of aryl methyl sites for hydroxylation is 1. The predicted octanol–water partition coefficient (Wildman–Crippen LogP) is 2.79. The smallest absolute Gasteiger partial charge is 0.0224 e. The highest BCUT2D eigenvalue weighted by Gasteiger charge is 2.33. The molecule has 19 heavy (non-hydrogen) atoms. The predicted molar refractivity (Wildman–Crippen MR) is 80.4 cm³/mol. The summed E-state index contributed by atoms with van der Waals surface area (Å²) in [5.41, 5.74) is 1.48. The Kier molecular flexibility index (Phi) is 4.19. The van der Waals surface area contributed by atoms with Crippen molar-refractivity contribution in [2.24, 2.45) is 0 Å². The topological polar surface area (TPSA) is 6.48 Å². The fourth-order valence-corrected chi connectivity index (χ4v) is 3.69. The van der Waals surface area contributed by atoms with Crippen LogP contribution in [0.4, 0.5) is 0 Å². The van der Waals surface area contributed by atoms with E-state index >= 15 is 0 Å². The first kappa shape index (κ1) is 13.1. The highest BCUT2D eigenvalue weighted by molar-refractivity contribution is 5.14. The molecule has 0 saturated carbocycles. The van der Waals surface area contributed by atoms with Crippen molar-refractivity contribution >= 4 is 0 Å². The van der Waals surface area contributed by atoms with Gasteiger partial charge in [0.2, 0.25) is 0 Å². The molecule has 2 heteroatoms. The molecule has 1 aromatic rings. The first-order chi connectivity index (χ1) is 9.33. The molecule has 0 aromatic heterocycles. The Labute approximate surface area is 117 Å². The normalized spacial score (nSPS) is 28.5. The first-order valence-corrected chi connectivity index (χ1v) is 7.85. The van der Waals surface area contributed by atoms with Crippen LogP contribution in [0.1, 0.15) is 31.7 Å². The van der Waals surface area contributed by atoms with E-state index in [1.807, 2.05) is 0 Å². The number of piperazine rings is 1. The van der Waals surface area contributed by atoms with E-state index in [0.717, 1.165) is 12.1 Å². The van der Waals surface area contributed by atoms with Crippen LogP contribution < -0.4 is 0 Å². The molecule has 2 aliphatic rings. The zero-order chi connectivity index (χ0) is 13.1. The third-order valence-electron chi connectivity index (χ3n) is 4.82. The minimum absolute atomic E-state index is 0.741. The second-order valence-electron chi connectivity index (χ2n) is 6.22. The summed E-state index contributed by atoms with van der Waals surface area (Å²) in [6.45, 7) is 7.59. The zero-order valence-electron chi connectivity index (χ0n) is 12.1. The molecule has 2 nitrogen and oxygen atoms in total. The number of hydrogen-bond donors (Lipinski definition) is 0. The Bertz CT molecular complexity index is 390. The summed E-state index contributed by atoms with van der Waals surface area (Å²) in [6, 6.07) is 12.5. The second-order valence-corrected chi connectivity index (χ2v) is 6.22. The van der Waals surface area contributed by atoms with Crippen LogP contribution in [0.2, 0.25) is 0 Å². The number of fused-ring (bicyclic) bond motifs is 1. The monoisotopic (exact) mass is 258 g/mol. The van der Waals surface area contributed by atoms with Gasteiger partial charge in [-0.2, -0.15) is 0 Å². The summed E-state index contributed by atoms with van der Waals surface area (Å²) in [5, 5.41) is 0. The van der Waals surface area contributed by atoms with Crippen molar-refractivity contribution in [3.63, 3.8) is 0 Å². The summed E-state index contributed by atoms with van der Waals surface area (Å²) in [7, 11) is 0. The van der Waals surface area contributed by atoms with E-state index in [1.165, 1.54) is 57.4 Å². The molecular formula is C17H26N2. The molecule has 0 aliphatic carbocycles. The fourth-order valence-electron chi connectivity index (χ4n) is 3.69. The quantitative estimate of drug-likeness (QED) is 0.819. The molecule has 0 unspecified atom stereocenters. The van der Waals surface area contributed by atoms with Gasteiger partial charge in [-0.1, -0.05) is 30.3 Å². The lowest BCUT2D eigenvalue weighted by atomic mass is 10.1. The van der Waals surface area contributed by atoms with Gasteiger partial charge in [0.15, 0.2) is 0 Å². The van der Waals surface area contributed by atoms with E-state index in [4.69, 9.17) is 0 Å². The minimum Gasteiger partial charge on any atom is -0.298 e. The number of hydrogen-bond acceptors (Lipinski definition) is 2. The Balaban J connectivity index is 1.47. The van der Waals surface area contributed by atoms with E-state index < -0.39 is 0 Å². The molecule has 0 spiro atoms. The van der Waals surface area contributed by atoms with Gasteiger partial charge >= 0.3 is 0 Å². The van der Waals surface area contributed by atoms with Crippen LogP contribution in [0.5, 0.6) is 0 Å². The molecule has 3 rings (SSSR count). The molecule has 0 bridgehead atoms. The van der Waals surface area contributed by atoms with Crippen LogP contribution in [0.3, 0.4) is 0 Å². The van der Waals surface area contributed by atoms with Gasteiger partial charge in [0.1, 0.15) is 0 Å². The molecule has 0 radical (unpaired) electrons. The molecule has 2 saturated heterocycles. The van der Waals surface area contributed by atoms with Gasteiger partial charge in [-0.25, -0.2) is 0 Å². The van der Waals surface area contributed by atoms with Crippen molar-refractivity contribution in [1.82, 2.24) is 9.80 Å². The average Bonchev–Trinajstić information content (AvgIpc) is 2.87. The molecule has 2 atom stereocenters. The first-order valence-electron chi connectivity index (χ1n) is 7.85. The standard InChI is InChI=1S/C17H26N2/c1-15-13-19-12-6-10-17(19)14-18(15)11-5-9-16-7-3-2-4-8-16/h2-4,7-8,15,17H,5-6,9-14H2,1H3/t15-,17-/m1/s1. The number of rotatable bonds is 4. The van der Waals surface area contributed by atoms with Crippen molar-refractivity contribution in [1.29, 1.82) is 0 Å². The molecular weight excluding hydrogens is 232 g/mol. The van der Waals surface area contributed by atoms with Gasteiger partial charge in [-0.05, 0) is 51.3 Å². The van der Waals surface area contributed by atoms with Crippen molar-refractivity contribution in [3.05, 3.63) is 35.9 Å². The third kappa shape index (κ3) is 3.18. The number of benzene rings is 1. The van der Waals surface area contributed by atoms with Gasteiger partial charge in [-0.15, -0.1) is 0 Å². The molecule has 0 N–H and O–H groups in total. The molecule has 104 valence electrons. The zero-order valence-corrected chi connectivity index (χ0v) is 12.1. The molecule has 2 aliphatic heterocycles. The van der Waals surface area contributed by atoms with Crippen molar-refractivity contribution in [2.45, 2.75) is 44.7 Å². The molecule has 2 fully saturated rings. The molecule has 1 aromatic carbocycles. The van der Waals surface area contributed by atoms with E-state index in [-0.39, 0.29) is 0 Å². The lowest BCUT2D eigenvalue weighted by Crippen LogP contribution is -2.55. The average molecular weight is 258 g/mol. The lowest BCUT2D eigenvalue weighted by Gasteiger charge is -2.42.